The van der Waals surface area contributed by atoms with E-state index >= 15 is 0 Å². The zero-order valence-electron chi connectivity index (χ0n) is 12.6. The molecule has 122 valence electrons. The molecular formula is C16H22ClFN2OS. The number of benzene rings is 1. The molecule has 6 heteroatoms. The van der Waals surface area contributed by atoms with E-state index in [1.54, 1.807) is 23.9 Å². The van der Waals surface area contributed by atoms with Crippen molar-refractivity contribution in [2.45, 2.75) is 18.2 Å². The van der Waals surface area contributed by atoms with Gasteiger partial charge in [0.05, 0.1) is 0 Å². The summed E-state index contributed by atoms with van der Waals surface area (Å²) in [6.07, 6.45) is 3.14. The third-order valence-electron chi connectivity index (χ3n) is 3.41. The van der Waals surface area contributed by atoms with Gasteiger partial charge in [-0.15, -0.1) is 24.2 Å². The third kappa shape index (κ3) is 6.38. The molecule has 0 saturated carbocycles. The lowest BCUT2D eigenvalue weighted by molar-refractivity contribution is -0.123. The number of hydrogen-bond donors (Lipinski definition) is 2. The molecule has 2 N–H and O–H groups in total. The standard InChI is InChI=1S/C16H21FN2OS.ClH/c1-12(11-21-15-4-2-14(17)3-5-15)16(20)19-10-13-6-8-18-9-7-13;/h2-6,12,18H,7-11H2,1H3,(H,19,20);1H. The van der Waals surface area contributed by atoms with Crippen molar-refractivity contribution in [2.75, 3.05) is 25.4 Å². The fourth-order valence-electron chi connectivity index (χ4n) is 2.03. The fraction of sp³-hybridized carbons (Fsp3) is 0.438. The normalized spacial score (nSPS) is 15.5. The summed E-state index contributed by atoms with van der Waals surface area (Å²) >= 11 is 1.57. The number of halogens is 2. The highest BCUT2D eigenvalue weighted by molar-refractivity contribution is 7.99. The Morgan fingerprint density at radius 2 is 2.14 bits per heavy atom. The highest BCUT2D eigenvalue weighted by atomic mass is 35.5. The minimum absolute atomic E-state index is 0. The zero-order chi connectivity index (χ0) is 15.1. The molecule has 1 unspecified atom stereocenters. The van der Waals surface area contributed by atoms with Crippen LogP contribution in [0.5, 0.6) is 0 Å². The van der Waals surface area contributed by atoms with Crippen LogP contribution in [0.25, 0.3) is 0 Å². The van der Waals surface area contributed by atoms with Crippen LogP contribution in [-0.4, -0.2) is 31.3 Å². The summed E-state index contributed by atoms with van der Waals surface area (Å²) in [5, 5.41) is 6.24. The van der Waals surface area contributed by atoms with Gasteiger partial charge in [-0.05, 0) is 37.2 Å². The SMILES string of the molecule is CC(CSc1ccc(F)cc1)C(=O)NCC1=CCNCC1.Cl. The Kier molecular flexibility index (Phi) is 8.53. The molecular weight excluding hydrogens is 323 g/mol. The Balaban J connectivity index is 0.00000242. The molecule has 3 nitrogen and oxygen atoms in total. The molecule has 0 saturated heterocycles. The first-order valence-electron chi connectivity index (χ1n) is 7.20. The van der Waals surface area contributed by atoms with Crippen LogP contribution in [0.1, 0.15) is 13.3 Å². The lowest BCUT2D eigenvalue weighted by atomic mass is 10.1. The van der Waals surface area contributed by atoms with Crippen molar-refractivity contribution < 1.29 is 9.18 Å². The van der Waals surface area contributed by atoms with E-state index in [-0.39, 0.29) is 30.0 Å². The maximum atomic E-state index is 12.8. The summed E-state index contributed by atoms with van der Waals surface area (Å²) in [4.78, 5) is 13.0. The van der Waals surface area contributed by atoms with E-state index in [1.165, 1.54) is 17.7 Å². The molecule has 1 atom stereocenters. The summed E-state index contributed by atoms with van der Waals surface area (Å²) in [5.41, 5.74) is 1.29. The van der Waals surface area contributed by atoms with Crippen molar-refractivity contribution in [3.8, 4) is 0 Å². The lowest BCUT2D eigenvalue weighted by Gasteiger charge is -2.16. The first kappa shape index (κ1) is 19.0. The van der Waals surface area contributed by atoms with Gasteiger partial charge < -0.3 is 10.6 Å². The van der Waals surface area contributed by atoms with E-state index in [0.717, 1.165) is 24.4 Å². The van der Waals surface area contributed by atoms with E-state index in [4.69, 9.17) is 0 Å². The molecule has 1 aliphatic rings. The predicted octanol–water partition coefficient (Wildman–Crippen LogP) is 3.01. The maximum absolute atomic E-state index is 12.8. The summed E-state index contributed by atoms with van der Waals surface area (Å²) in [7, 11) is 0. The maximum Gasteiger partial charge on any atom is 0.223 e. The average molecular weight is 345 g/mol. The van der Waals surface area contributed by atoms with E-state index in [9.17, 15) is 9.18 Å². The van der Waals surface area contributed by atoms with Gasteiger partial charge in [0.25, 0.3) is 0 Å². The van der Waals surface area contributed by atoms with Gasteiger partial charge in [-0.3, -0.25) is 4.79 Å². The molecule has 1 amide bonds. The average Bonchev–Trinajstić information content (AvgIpc) is 2.52. The molecule has 0 bridgehead atoms. The van der Waals surface area contributed by atoms with Crippen LogP contribution >= 0.6 is 24.2 Å². The minimum atomic E-state index is -0.236. The van der Waals surface area contributed by atoms with Gasteiger partial charge in [0.2, 0.25) is 5.91 Å². The number of hydrogen-bond acceptors (Lipinski definition) is 3. The molecule has 0 aliphatic carbocycles. The summed E-state index contributed by atoms with van der Waals surface area (Å²) in [5.74, 6) is 0.463. The quantitative estimate of drug-likeness (QED) is 0.615. The molecule has 1 aliphatic heterocycles. The van der Waals surface area contributed by atoms with Crippen molar-refractivity contribution in [2.24, 2.45) is 5.92 Å². The summed E-state index contributed by atoms with van der Waals surface area (Å²) in [6, 6.07) is 6.36. The van der Waals surface area contributed by atoms with Crippen LogP contribution in [0.2, 0.25) is 0 Å². The fourth-order valence-corrected chi connectivity index (χ4v) is 2.96. The topological polar surface area (TPSA) is 41.1 Å². The Morgan fingerprint density at radius 1 is 1.41 bits per heavy atom. The van der Waals surface area contributed by atoms with Crippen molar-refractivity contribution in [3.05, 3.63) is 41.7 Å². The van der Waals surface area contributed by atoms with Crippen LogP contribution in [0.4, 0.5) is 4.39 Å². The van der Waals surface area contributed by atoms with Gasteiger partial charge in [0.15, 0.2) is 0 Å². The third-order valence-corrected chi connectivity index (χ3v) is 4.68. The molecule has 0 spiro atoms. The van der Waals surface area contributed by atoms with Crippen molar-refractivity contribution in [1.29, 1.82) is 0 Å². The van der Waals surface area contributed by atoms with Crippen LogP contribution in [0, 0.1) is 11.7 Å². The number of carbonyl (C=O) groups excluding carboxylic acids is 1. The highest BCUT2D eigenvalue weighted by Crippen LogP contribution is 2.21. The van der Waals surface area contributed by atoms with Crippen molar-refractivity contribution >= 4 is 30.1 Å². The second kappa shape index (κ2) is 9.87. The Bertz CT molecular complexity index is 507. The molecule has 0 fully saturated rings. The molecule has 2 rings (SSSR count). The Hall–Kier alpha value is -1.04. The van der Waals surface area contributed by atoms with Gasteiger partial charge in [0.1, 0.15) is 5.82 Å². The predicted molar refractivity (Wildman–Crippen MR) is 92.1 cm³/mol. The zero-order valence-corrected chi connectivity index (χ0v) is 14.2. The minimum Gasteiger partial charge on any atom is -0.352 e. The van der Waals surface area contributed by atoms with Crippen molar-refractivity contribution in [3.63, 3.8) is 0 Å². The second-order valence-corrected chi connectivity index (χ2v) is 6.29. The molecule has 0 aromatic heterocycles. The van der Waals surface area contributed by atoms with Gasteiger partial charge in [0, 0.05) is 29.7 Å². The molecule has 0 radical (unpaired) electrons. The van der Waals surface area contributed by atoms with Gasteiger partial charge >= 0.3 is 0 Å². The Morgan fingerprint density at radius 3 is 2.77 bits per heavy atom. The number of carbonyl (C=O) groups is 1. The first-order valence-corrected chi connectivity index (χ1v) is 8.18. The highest BCUT2D eigenvalue weighted by Gasteiger charge is 2.14. The second-order valence-electron chi connectivity index (χ2n) is 5.20. The molecule has 1 aromatic carbocycles. The van der Waals surface area contributed by atoms with Crippen LogP contribution in [0.3, 0.4) is 0 Å². The number of rotatable bonds is 6. The van der Waals surface area contributed by atoms with Crippen LogP contribution in [0.15, 0.2) is 40.8 Å². The molecule has 1 heterocycles. The Labute approximate surface area is 141 Å². The van der Waals surface area contributed by atoms with E-state index < -0.39 is 0 Å². The molecule has 22 heavy (non-hydrogen) atoms. The van der Waals surface area contributed by atoms with E-state index in [1.807, 2.05) is 6.92 Å². The smallest absolute Gasteiger partial charge is 0.223 e. The number of nitrogens with one attached hydrogen (secondary N) is 2. The van der Waals surface area contributed by atoms with Gasteiger partial charge in [-0.2, -0.15) is 0 Å². The van der Waals surface area contributed by atoms with Crippen LogP contribution < -0.4 is 10.6 Å². The van der Waals surface area contributed by atoms with Gasteiger partial charge in [-0.25, -0.2) is 4.39 Å². The molecule has 1 aromatic rings. The van der Waals surface area contributed by atoms with E-state index in [0.29, 0.717) is 12.3 Å². The summed E-state index contributed by atoms with van der Waals surface area (Å²) < 4.78 is 12.8. The van der Waals surface area contributed by atoms with E-state index in [2.05, 4.69) is 16.7 Å². The van der Waals surface area contributed by atoms with Gasteiger partial charge in [-0.1, -0.05) is 18.6 Å². The largest absolute Gasteiger partial charge is 0.352 e. The first-order chi connectivity index (χ1) is 10.1. The number of amides is 1. The van der Waals surface area contributed by atoms with Crippen molar-refractivity contribution in [1.82, 2.24) is 10.6 Å². The monoisotopic (exact) mass is 344 g/mol. The summed E-state index contributed by atoms with van der Waals surface area (Å²) in [6.45, 7) is 4.44. The lowest BCUT2D eigenvalue weighted by Crippen LogP contribution is -2.33. The number of thioether (sulfide) groups is 1. The van der Waals surface area contributed by atoms with Crippen LogP contribution in [-0.2, 0) is 4.79 Å².